The van der Waals surface area contributed by atoms with E-state index >= 15 is 0 Å². The number of benzene rings is 2. The zero-order valence-corrected chi connectivity index (χ0v) is 16.8. The quantitative estimate of drug-likeness (QED) is 0.780. The predicted octanol–water partition coefficient (Wildman–Crippen LogP) is 3.42. The van der Waals surface area contributed by atoms with Crippen LogP contribution in [0, 0.1) is 5.92 Å². The first-order valence-electron chi connectivity index (χ1n) is 10.00. The highest BCUT2D eigenvalue weighted by molar-refractivity contribution is 6.00. The number of carbonyl (C=O) groups is 2. The minimum Gasteiger partial charge on any atom is -0.497 e. The van der Waals surface area contributed by atoms with E-state index in [9.17, 15) is 9.59 Å². The Balaban J connectivity index is 1.55. The van der Waals surface area contributed by atoms with Crippen LogP contribution in [0.3, 0.4) is 0 Å². The summed E-state index contributed by atoms with van der Waals surface area (Å²) in [6.45, 7) is 1.13. The first kappa shape index (κ1) is 19.3. The van der Waals surface area contributed by atoms with Crippen LogP contribution in [0.25, 0.3) is 0 Å². The van der Waals surface area contributed by atoms with E-state index in [0.29, 0.717) is 13.1 Å². The summed E-state index contributed by atoms with van der Waals surface area (Å²) in [6, 6.07) is 15.2. The molecule has 0 radical (unpaired) electrons. The van der Waals surface area contributed by atoms with Crippen molar-refractivity contribution in [3.05, 3.63) is 54.1 Å². The van der Waals surface area contributed by atoms with E-state index in [4.69, 9.17) is 9.47 Å². The van der Waals surface area contributed by atoms with Gasteiger partial charge in [-0.15, -0.1) is 0 Å². The van der Waals surface area contributed by atoms with Crippen molar-refractivity contribution < 1.29 is 19.1 Å². The summed E-state index contributed by atoms with van der Waals surface area (Å²) in [7, 11) is 3.27. The maximum atomic E-state index is 13.4. The molecule has 2 heterocycles. The van der Waals surface area contributed by atoms with Gasteiger partial charge in [0.25, 0.3) is 0 Å². The highest BCUT2D eigenvalue weighted by Crippen LogP contribution is 2.40. The molecule has 2 amide bonds. The highest BCUT2D eigenvalue weighted by atomic mass is 16.5. The number of carbonyl (C=O) groups excluding carboxylic acids is 2. The van der Waals surface area contributed by atoms with Crippen molar-refractivity contribution in [3.63, 3.8) is 0 Å². The first-order valence-corrected chi connectivity index (χ1v) is 10.00. The fourth-order valence-corrected chi connectivity index (χ4v) is 4.42. The average Bonchev–Trinajstić information content (AvgIpc) is 3.40. The number of likely N-dealkylation sites (tertiary alicyclic amines) is 1. The van der Waals surface area contributed by atoms with Crippen LogP contribution >= 0.6 is 0 Å². The van der Waals surface area contributed by atoms with Crippen LogP contribution in [-0.2, 0) is 9.59 Å². The van der Waals surface area contributed by atoms with Gasteiger partial charge in [0.2, 0.25) is 11.8 Å². The predicted molar refractivity (Wildman–Crippen MR) is 110 cm³/mol. The maximum absolute atomic E-state index is 13.4. The van der Waals surface area contributed by atoms with Crippen molar-refractivity contribution in [1.82, 2.24) is 4.90 Å². The topological polar surface area (TPSA) is 59.1 Å². The molecule has 6 nitrogen and oxygen atoms in total. The van der Waals surface area contributed by atoms with Gasteiger partial charge in [-0.2, -0.15) is 0 Å². The summed E-state index contributed by atoms with van der Waals surface area (Å²) in [6.07, 6.45) is 2.06. The number of amides is 2. The van der Waals surface area contributed by atoms with Gasteiger partial charge in [0.05, 0.1) is 26.2 Å². The Morgan fingerprint density at radius 1 is 1.07 bits per heavy atom. The Morgan fingerprint density at radius 3 is 2.59 bits per heavy atom. The fraction of sp³-hybridized carbons (Fsp3) is 0.391. The number of methoxy groups -OCH3 is 2. The van der Waals surface area contributed by atoms with Gasteiger partial charge in [0, 0.05) is 30.8 Å². The lowest BCUT2D eigenvalue weighted by Gasteiger charge is -2.29. The third-order valence-electron chi connectivity index (χ3n) is 5.87. The third-order valence-corrected chi connectivity index (χ3v) is 5.87. The Hall–Kier alpha value is -3.02. The van der Waals surface area contributed by atoms with Gasteiger partial charge in [-0.1, -0.05) is 18.2 Å². The van der Waals surface area contributed by atoms with Gasteiger partial charge < -0.3 is 19.3 Å². The zero-order chi connectivity index (χ0) is 20.4. The average molecular weight is 394 g/mol. The molecule has 2 aromatic carbocycles. The van der Waals surface area contributed by atoms with Crippen molar-refractivity contribution >= 4 is 17.5 Å². The van der Waals surface area contributed by atoms with E-state index in [1.165, 1.54) is 0 Å². The Labute approximate surface area is 171 Å². The SMILES string of the molecule is COc1ccc(OC)c(C2CCCN2C(=O)C2CC(=O)N(c3ccccc3)C2)c1. The molecule has 0 N–H and O–H groups in total. The van der Waals surface area contributed by atoms with Crippen LogP contribution in [-0.4, -0.2) is 44.0 Å². The summed E-state index contributed by atoms with van der Waals surface area (Å²) in [5.74, 6) is 1.23. The summed E-state index contributed by atoms with van der Waals surface area (Å²) in [4.78, 5) is 29.6. The lowest BCUT2D eigenvalue weighted by Crippen LogP contribution is -2.37. The van der Waals surface area contributed by atoms with E-state index < -0.39 is 0 Å². The number of para-hydroxylation sites is 1. The Bertz CT molecular complexity index is 899. The van der Waals surface area contributed by atoms with E-state index in [2.05, 4.69) is 0 Å². The summed E-state index contributed by atoms with van der Waals surface area (Å²) < 4.78 is 10.9. The second-order valence-electron chi connectivity index (χ2n) is 7.54. The van der Waals surface area contributed by atoms with Gasteiger partial charge in [-0.3, -0.25) is 9.59 Å². The van der Waals surface area contributed by atoms with E-state index in [1.807, 2.05) is 53.4 Å². The summed E-state index contributed by atoms with van der Waals surface area (Å²) in [5.41, 5.74) is 1.81. The minimum atomic E-state index is -0.320. The smallest absolute Gasteiger partial charge is 0.228 e. The highest BCUT2D eigenvalue weighted by Gasteiger charge is 2.41. The van der Waals surface area contributed by atoms with Crippen molar-refractivity contribution in [2.24, 2.45) is 5.92 Å². The normalized spacial score (nSPS) is 21.5. The van der Waals surface area contributed by atoms with Crippen LogP contribution in [0.1, 0.15) is 30.9 Å². The van der Waals surface area contributed by atoms with Gasteiger partial charge in [-0.25, -0.2) is 0 Å². The monoisotopic (exact) mass is 394 g/mol. The second kappa shape index (κ2) is 8.15. The Kier molecular flexibility index (Phi) is 5.43. The molecule has 0 spiro atoms. The van der Waals surface area contributed by atoms with E-state index in [0.717, 1.165) is 35.6 Å². The molecule has 2 atom stereocenters. The molecule has 2 aromatic rings. The molecule has 6 heteroatoms. The standard InChI is InChI=1S/C23H26N2O4/c1-28-18-10-11-21(29-2)19(14-18)20-9-6-12-24(20)23(27)16-13-22(26)25(15-16)17-7-4-3-5-8-17/h3-5,7-8,10-11,14,16,20H,6,9,12-13,15H2,1-2H3. The maximum Gasteiger partial charge on any atom is 0.228 e. The van der Waals surface area contributed by atoms with Gasteiger partial charge in [-0.05, 0) is 43.2 Å². The molecule has 0 aromatic heterocycles. The lowest BCUT2D eigenvalue weighted by atomic mass is 10.0. The number of nitrogens with zero attached hydrogens (tertiary/aromatic N) is 2. The van der Waals surface area contributed by atoms with Crippen LogP contribution in [0.2, 0.25) is 0 Å². The number of anilines is 1. The number of ether oxygens (including phenoxy) is 2. The molecular weight excluding hydrogens is 368 g/mol. The third kappa shape index (κ3) is 3.67. The van der Waals surface area contributed by atoms with Crippen LogP contribution < -0.4 is 14.4 Å². The van der Waals surface area contributed by atoms with Crippen molar-refractivity contribution in [2.45, 2.75) is 25.3 Å². The zero-order valence-electron chi connectivity index (χ0n) is 16.8. The van der Waals surface area contributed by atoms with Crippen LogP contribution in [0.5, 0.6) is 11.5 Å². The lowest BCUT2D eigenvalue weighted by molar-refractivity contribution is -0.136. The molecule has 2 fully saturated rings. The Morgan fingerprint density at radius 2 is 1.86 bits per heavy atom. The van der Waals surface area contributed by atoms with Crippen LogP contribution in [0.15, 0.2) is 48.5 Å². The number of hydrogen-bond acceptors (Lipinski definition) is 4. The van der Waals surface area contributed by atoms with Gasteiger partial charge in [0.1, 0.15) is 11.5 Å². The van der Waals surface area contributed by atoms with E-state index in [1.54, 1.807) is 19.1 Å². The largest absolute Gasteiger partial charge is 0.497 e. The van der Waals surface area contributed by atoms with Crippen molar-refractivity contribution in [2.75, 3.05) is 32.2 Å². The number of rotatable bonds is 5. The van der Waals surface area contributed by atoms with Crippen LogP contribution in [0.4, 0.5) is 5.69 Å². The molecule has 2 saturated heterocycles. The van der Waals surface area contributed by atoms with Crippen molar-refractivity contribution in [3.8, 4) is 11.5 Å². The van der Waals surface area contributed by atoms with Gasteiger partial charge >= 0.3 is 0 Å². The second-order valence-corrected chi connectivity index (χ2v) is 7.54. The molecular formula is C23H26N2O4. The molecule has 0 saturated carbocycles. The molecule has 0 bridgehead atoms. The summed E-state index contributed by atoms with van der Waals surface area (Å²) >= 11 is 0. The van der Waals surface area contributed by atoms with Crippen molar-refractivity contribution in [1.29, 1.82) is 0 Å². The number of hydrogen-bond donors (Lipinski definition) is 0. The molecule has 152 valence electrons. The molecule has 0 aliphatic carbocycles. The molecule has 2 aliphatic heterocycles. The molecule has 2 aliphatic rings. The fourth-order valence-electron chi connectivity index (χ4n) is 4.42. The minimum absolute atomic E-state index is 0.00394. The van der Waals surface area contributed by atoms with E-state index in [-0.39, 0.29) is 30.2 Å². The first-order chi connectivity index (χ1) is 14.1. The molecule has 29 heavy (non-hydrogen) atoms. The molecule has 4 rings (SSSR count). The summed E-state index contributed by atoms with van der Waals surface area (Å²) in [5, 5.41) is 0. The molecule has 2 unspecified atom stereocenters. The van der Waals surface area contributed by atoms with Gasteiger partial charge in [0.15, 0.2) is 0 Å².